The molecule has 0 unspecified atom stereocenters. The molecule has 0 bridgehead atoms. The van der Waals surface area contributed by atoms with Crippen molar-refractivity contribution >= 4 is 26.9 Å². The largest absolute Gasteiger partial charge is 0.312 e. The van der Waals surface area contributed by atoms with E-state index < -0.39 is 10.0 Å². The maximum atomic E-state index is 12.6. The summed E-state index contributed by atoms with van der Waals surface area (Å²) in [7, 11) is -3.60. The lowest BCUT2D eigenvalue weighted by molar-refractivity contribution is 0.579. The number of sulfonamides is 1. The molecule has 0 spiro atoms. The lowest BCUT2D eigenvalue weighted by atomic mass is 10.1. The fraction of sp³-hybridized carbons (Fsp3) is 0.182. The van der Waals surface area contributed by atoms with Gasteiger partial charge in [0.1, 0.15) is 0 Å². The van der Waals surface area contributed by atoms with Crippen LogP contribution in [0.15, 0.2) is 71.4 Å². The standard InChI is InChI=1S/C22H22N4O2S/c1-17(13-18-5-7-19(14-23)8-6-18)15-25-11-12-26-29(27,28)22-4-2-3-20-16-24-10-9-21(20)22/h2-10,13,16,25-26H,11-12,15H2,1H3. The summed E-state index contributed by atoms with van der Waals surface area (Å²) < 4.78 is 27.9. The molecule has 0 aliphatic rings. The fourth-order valence-corrected chi connectivity index (χ4v) is 4.21. The Morgan fingerprint density at radius 3 is 2.69 bits per heavy atom. The Kier molecular flexibility index (Phi) is 6.73. The van der Waals surface area contributed by atoms with E-state index in [1.54, 1.807) is 42.7 Å². The summed E-state index contributed by atoms with van der Waals surface area (Å²) >= 11 is 0. The molecule has 6 nitrogen and oxygen atoms in total. The smallest absolute Gasteiger partial charge is 0.241 e. The third-order valence-corrected chi connectivity index (χ3v) is 5.90. The first-order valence-corrected chi connectivity index (χ1v) is 10.7. The summed E-state index contributed by atoms with van der Waals surface area (Å²) in [6.45, 7) is 3.43. The van der Waals surface area contributed by atoms with Gasteiger partial charge in [-0.2, -0.15) is 5.26 Å². The predicted molar refractivity (Wildman–Crippen MR) is 115 cm³/mol. The Labute approximate surface area is 171 Å². The van der Waals surface area contributed by atoms with Gasteiger partial charge in [0, 0.05) is 42.8 Å². The molecule has 0 aliphatic heterocycles. The van der Waals surface area contributed by atoms with E-state index in [2.05, 4.69) is 21.1 Å². The molecule has 0 saturated heterocycles. The van der Waals surface area contributed by atoms with E-state index in [-0.39, 0.29) is 11.4 Å². The maximum absolute atomic E-state index is 12.6. The first-order valence-electron chi connectivity index (χ1n) is 9.20. The molecule has 0 saturated carbocycles. The number of fused-ring (bicyclic) bond motifs is 1. The van der Waals surface area contributed by atoms with Gasteiger partial charge in [0.25, 0.3) is 0 Å². The minimum atomic E-state index is -3.60. The number of benzene rings is 2. The highest BCUT2D eigenvalue weighted by Crippen LogP contribution is 2.21. The van der Waals surface area contributed by atoms with Crippen LogP contribution in [0.25, 0.3) is 16.8 Å². The summed E-state index contributed by atoms with van der Waals surface area (Å²) in [6.07, 6.45) is 5.27. The molecular weight excluding hydrogens is 384 g/mol. The van der Waals surface area contributed by atoms with Crippen molar-refractivity contribution in [3.05, 3.63) is 77.6 Å². The summed E-state index contributed by atoms with van der Waals surface area (Å²) in [4.78, 5) is 4.29. The zero-order valence-corrected chi connectivity index (χ0v) is 16.9. The quantitative estimate of drug-likeness (QED) is 0.561. The van der Waals surface area contributed by atoms with Crippen LogP contribution in [-0.4, -0.2) is 33.0 Å². The summed E-state index contributed by atoms with van der Waals surface area (Å²) in [5.41, 5.74) is 2.77. The first-order chi connectivity index (χ1) is 14.0. The van der Waals surface area contributed by atoms with Gasteiger partial charge in [-0.05, 0) is 36.8 Å². The van der Waals surface area contributed by atoms with Gasteiger partial charge in [0.05, 0.1) is 16.5 Å². The van der Waals surface area contributed by atoms with Crippen LogP contribution < -0.4 is 10.0 Å². The number of hydrogen-bond donors (Lipinski definition) is 2. The van der Waals surface area contributed by atoms with Crippen LogP contribution in [0.5, 0.6) is 0 Å². The zero-order valence-electron chi connectivity index (χ0n) is 16.1. The number of aromatic nitrogens is 1. The summed E-state index contributed by atoms with van der Waals surface area (Å²) in [5.74, 6) is 0. The van der Waals surface area contributed by atoms with E-state index in [1.807, 2.05) is 31.2 Å². The van der Waals surface area contributed by atoms with E-state index in [4.69, 9.17) is 5.26 Å². The normalized spacial score (nSPS) is 12.1. The van der Waals surface area contributed by atoms with Crippen molar-refractivity contribution in [3.8, 4) is 6.07 Å². The topological polar surface area (TPSA) is 94.9 Å². The van der Waals surface area contributed by atoms with Gasteiger partial charge < -0.3 is 5.32 Å². The van der Waals surface area contributed by atoms with Crippen molar-refractivity contribution < 1.29 is 8.42 Å². The molecule has 2 aromatic carbocycles. The van der Waals surface area contributed by atoms with Gasteiger partial charge in [-0.3, -0.25) is 4.98 Å². The monoisotopic (exact) mass is 406 g/mol. The molecule has 29 heavy (non-hydrogen) atoms. The van der Waals surface area contributed by atoms with Gasteiger partial charge >= 0.3 is 0 Å². The predicted octanol–water partition coefficient (Wildman–Crippen LogP) is 3.08. The molecule has 0 atom stereocenters. The van der Waals surface area contributed by atoms with Crippen LogP contribution in [0.2, 0.25) is 0 Å². The maximum Gasteiger partial charge on any atom is 0.241 e. The van der Waals surface area contributed by atoms with Crippen LogP contribution >= 0.6 is 0 Å². The third-order valence-electron chi connectivity index (χ3n) is 4.38. The molecule has 0 aliphatic carbocycles. The number of rotatable bonds is 8. The molecule has 148 valence electrons. The van der Waals surface area contributed by atoms with E-state index >= 15 is 0 Å². The molecule has 2 N–H and O–H groups in total. The van der Waals surface area contributed by atoms with Crippen LogP contribution in [-0.2, 0) is 10.0 Å². The lowest BCUT2D eigenvalue weighted by Gasteiger charge is -2.10. The van der Waals surface area contributed by atoms with Crippen molar-refractivity contribution in [2.24, 2.45) is 0 Å². The van der Waals surface area contributed by atoms with Crippen LogP contribution in [0.4, 0.5) is 0 Å². The van der Waals surface area contributed by atoms with Crippen LogP contribution in [0.3, 0.4) is 0 Å². The molecule has 1 heterocycles. The van der Waals surface area contributed by atoms with E-state index in [9.17, 15) is 8.42 Å². The highest BCUT2D eigenvalue weighted by Gasteiger charge is 2.16. The van der Waals surface area contributed by atoms with Crippen LogP contribution in [0.1, 0.15) is 18.1 Å². The molecule has 0 radical (unpaired) electrons. The minimum Gasteiger partial charge on any atom is -0.312 e. The Balaban J connectivity index is 1.52. The number of nitrogens with zero attached hydrogens (tertiary/aromatic N) is 2. The second-order valence-corrected chi connectivity index (χ2v) is 8.39. The Morgan fingerprint density at radius 2 is 1.93 bits per heavy atom. The summed E-state index contributed by atoms with van der Waals surface area (Å²) in [5, 5.41) is 13.5. The number of nitrogens with one attached hydrogen (secondary N) is 2. The van der Waals surface area contributed by atoms with Gasteiger partial charge in [0.15, 0.2) is 0 Å². The molecule has 0 fully saturated rings. The molecule has 7 heteroatoms. The second kappa shape index (κ2) is 9.43. The van der Waals surface area contributed by atoms with Gasteiger partial charge in [-0.25, -0.2) is 13.1 Å². The van der Waals surface area contributed by atoms with Crippen molar-refractivity contribution in [2.75, 3.05) is 19.6 Å². The molecular formula is C22H22N4O2S. The molecule has 3 aromatic rings. The van der Waals surface area contributed by atoms with Crippen molar-refractivity contribution in [1.82, 2.24) is 15.0 Å². The third kappa shape index (κ3) is 5.48. The SMILES string of the molecule is CC(=Cc1ccc(C#N)cc1)CNCCNS(=O)(=O)c1cccc2cnccc12. The second-order valence-electron chi connectivity index (χ2n) is 6.65. The summed E-state index contributed by atoms with van der Waals surface area (Å²) in [6, 6.07) is 16.3. The van der Waals surface area contributed by atoms with Crippen molar-refractivity contribution in [2.45, 2.75) is 11.8 Å². The van der Waals surface area contributed by atoms with E-state index in [1.165, 1.54) is 0 Å². The Morgan fingerprint density at radius 1 is 1.14 bits per heavy atom. The minimum absolute atomic E-state index is 0.259. The molecule has 3 rings (SSSR count). The fourth-order valence-electron chi connectivity index (χ4n) is 2.95. The first kappa shape index (κ1) is 20.7. The van der Waals surface area contributed by atoms with E-state index in [0.717, 1.165) is 16.5 Å². The number of hydrogen-bond acceptors (Lipinski definition) is 5. The Bertz CT molecular complexity index is 1160. The van der Waals surface area contributed by atoms with E-state index in [0.29, 0.717) is 24.0 Å². The van der Waals surface area contributed by atoms with Crippen molar-refractivity contribution in [1.29, 1.82) is 5.26 Å². The Hall–Kier alpha value is -3.05. The lowest BCUT2D eigenvalue weighted by Crippen LogP contribution is -2.32. The average molecular weight is 407 g/mol. The molecule has 1 aromatic heterocycles. The molecule has 0 amide bonds. The van der Waals surface area contributed by atoms with Crippen LogP contribution in [0, 0.1) is 11.3 Å². The highest BCUT2D eigenvalue weighted by molar-refractivity contribution is 7.89. The zero-order chi connectivity index (χ0) is 20.7. The highest BCUT2D eigenvalue weighted by atomic mass is 32.2. The van der Waals surface area contributed by atoms with Gasteiger partial charge in [0.2, 0.25) is 10.0 Å². The van der Waals surface area contributed by atoms with Crippen molar-refractivity contribution in [3.63, 3.8) is 0 Å². The van der Waals surface area contributed by atoms with Gasteiger partial charge in [-0.1, -0.05) is 35.9 Å². The number of nitriles is 1. The number of pyridine rings is 1. The van der Waals surface area contributed by atoms with Gasteiger partial charge in [-0.15, -0.1) is 0 Å². The average Bonchev–Trinajstić information content (AvgIpc) is 2.73.